The summed E-state index contributed by atoms with van der Waals surface area (Å²) in [5, 5.41) is 17.0. The molecule has 0 amide bonds. The number of pyridine rings is 1. The van der Waals surface area contributed by atoms with Crippen molar-refractivity contribution in [3.05, 3.63) is 29.6 Å². The summed E-state index contributed by atoms with van der Waals surface area (Å²) in [6.45, 7) is -0.221. The molecule has 3 nitrogen and oxygen atoms in total. The van der Waals surface area contributed by atoms with Crippen molar-refractivity contribution in [3.8, 4) is 17.9 Å². The van der Waals surface area contributed by atoms with E-state index in [9.17, 15) is 0 Å². The van der Waals surface area contributed by atoms with Gasteiger partial charge < -0.3 is 5.11 Å². The monoisotopic (exact) mass is 158 g/mol. The minimum Gasteiger partial charge on any atom is -0.384 e. The third-order valence-corrected chi connectivity index (χ3v) is 1.21. The number of hydrogen-bond acceptors (Lipinski definition) is 3. The number of rotatable bonds is 0. The predicted molar refractivity (Wildman–Crippen MR) is 42.9 cm³/mol. The highest BCUT2D eigenvalue weighted by molar-refractivity contribution is 5.42. The molecule has 0 aromatic carbocycles. The van der Waals surface area contributed by atoms with Crippen LogP contribution in [0, 0.1) is 23.2 Å². The highest BCUT2D eigenvalue weighted by Crippen LogP contribution is 2.00. The normalized spacial score (nSPS) is 8.00. The topological polar surface area (TPSA) is 56.9 Å². The first-order valence-electron chi connectivity index (χ1n) is 3.33. The van der Waals surface area contributed by atoms with E-state index >= 15 is 0 Å². The van der Waals surface area contributed by atoms with Crippen LogP contribution in [0.2, 0.25) is 0 Å². The second-order valence-corrected chi connectivity index (χ2v) is 1.97. The first-order valence-corrected chi connectivity index (χ1v) is 3.33. The van der Waals surface area contributed by atoms with Crippen molar-refractivity contribution in [2.24, 2.45) is 0 Å². The highest BCUT2D eigenvalue weighted by Gasteiger charge is 1.96. The van der Waals surface area contributed by atoms with Crippen LogP contribution in [0.15, 0.2) is 18.3 Å². The van der Waals surface area contributed by atoms with E-state index in [0.29, 0.717) is 11.3 Å². The van der Waals surface area contributed by atoms with Gasteiger partial charge in [0.1, 0.15) is 18.4 Å². The SMILES string of the molecule is N#Cc1cccnc1C#CCO. The molecule has 0 saturated carbocycles. The average molecular weight is 158 g/mol. The Kier molecular flexibility index (Phi) is 2.84. The molecule has 0 bridgehead atoms. The summed E-state index contributed by atoms with van der Waals surface area (Å²) in [7, 11) is 0. The van der Waals surface area contributed by atoms with Crippen LogP contribution < -0.4 is 0 Å². The van der Waals surface area contributed by atoms with Gasteiger partial charge in [0.15, 0.2) is 0 Å². The molecule has 1 heterocycles. The van der Waals surface area contributed by atoms with Crippen molar-refractivity contribution >= 4 is 0 Å². The number of aliphatic hydroxyl groups excluding tert-OH is 1. The minimum absolute atomic E-state index is 0.221. The smallest absolute Gasteiger partial charge is 0.130 e. The largest absolute Gasteiger partial charge is 0.384 e. The van der Waals surface area contributed by atoms with Gasteiger partial charge in [-0.15, -0.1) is 0 Å². The Morgan fingerprint density at radius 3 is 3.08 bits per heavy atom. The van der Waals surface area contributed by atoms with Crippen molar-refractivity contribution in [1.82, 2.24) is 4.98 Å². The van der Waals surface area contributed by atoms with Crippen LogP contribution in [-0.2, 0) is 0 Å². The molecule has 0 aliphatic heterocycles. The van der Waals surface area contributed by atoms with Crippen LogP contribution in [0.1, 0.15) is 11.3 Å². The van der Waals surface area contributed by atoms with Crippen LogP contribution in [-0.4, -0.2) is 16.7 Å². The molecule has 0 saturated heterocycles. The van der Waals surface area contributed by atoms with Gasteiger partial charge >= 0.3 is 0 Å². The number of nitrogens with zero attached hydrogens (tertiary/aromatic N) is 2. The number of aliphatic hydroxyl groups is 1. The zero-order valence-electron chi connectivity index (χ0n) is 6.28. The van der Waals surface area contributed by atoms with Crippen molar-refractivity contribution in [3.63, 3.8) is 0 Å². The van der Waals surface area contributed by atoms with E-state index in [-0.39, 0.29) is 6.61 Å². The number of aromatic nitrogens is 1. The summed E-state index contributed by atoms with van der Waals surface area (Å²) >= 11 is 0. The van der Waals surface area contributed by atoms with Crippen LogP contribution in [0.25, 0.3) is 0 Å². The molecule has 1 aromatic rings. The molecule has 3 heteroatoms. The highest BCUT2D eigenvalue weighted by atomic mass is 16.2. The second kappa shape index (κ2) is 4.12. The van der Waals surface area contributed by atoms with Gasteiger partial charge in [-0.25, -0.2) is 4.98 Å². The molecule has 1 N–H and O–H groups in total. The second-order valence-electron chi connectivity index (χ2n) is 1.97. The Hall–Kier alpha value is -1.84. The Bertz CT molecular complexity index is 368. The molecule has 0 aliphatic rings. The van der Waals surface area contributed by atoms with Gasteiger partial charge in [0, 0.05) is 6.20 Å². The standard InChI is InChI=1S/C9H6N2O/c10-7-8-3-1-5-11-9(8)4-2-6-12/h1,3,5,12H,6H2. The van der Waals surface area contributed by atoms with E-state index in [1.165, 1.54) is 0 Å². The summed E-state index contributed by atoms with van der Waals surface area (Å²) in [6.07, 6.45) is 1.56. The van der Waals surface area contributed by atoms with E-state index in [0.717, 1.165) is 0 Å². The molecule has 12 heavy (non-hydrogen) atoms. The van der Waals surface area contributed by atoms with Crippen molar-refractivity contribution in [2.45, 2.75) is 0 Å². The fraction of sp³-hybridized carbons (Fsp3) is 0.111. The summed E-state index contributed by atoms with van der Waals surface area (Å²) in [5.74, 6) is 5.01. The molecule has 1 aromatic heterocycles. The molecule has 58 valence electrons. The van der Waals surface area contributed by atoms with Crippen LogP contribution in [0.4, 0.5) is 0 Å². The maximum atomic E-state index is 8.60. The minimum atomic E-state index is -0.221. The first kappa shape index (κ1) is 8.26. The van der Waals surface area contributed by atoms with Crippen molar-refractivity contribution in [1.29, 1.82) is 5.26 Å². The maximum Gasteiger partial charge on any atom is 0.130 e. The zero-order valence-corrected chi connectivity index (χ0v) is 6.28. The van der Waals surface area contributed by atoms with Gasteiger partial charge in [-0.3, -0.25) is 0 Å². The van der Waals surface area contributed by atoms with E-state index in [4.69, 9.17) is 10.4 Å². The lowest BCUT2D eigenvalue weighted by Gasteiger charge is -1.90. The van der Waals surface area contributed by atoms with E-state index in [1.54, 1.807) is 18.3 Å². The third kappa shape index (κ3) is 1.82. The lowest BCUT2D eigenvalue weighted by atomic mass is 10.2. The molecule has 0 unspecified atom stereocenters. The molecule has 0 atom stereocenters. The summed E-state index contributed by atoms with van der Waals surface area (Å²) < 4.78 is 0. The van der Waals surface area contributed by atoms with Crippen LogP contribution >= 0.6 is 0 Å². The number of hydrogen-bond donors (Lipinski definition) is 1. The summed E-state index contributed by atoms with van der Waals surface area (Å²) in [5.41, 5.74) is 0.840. The van der Waals surface area contributed by atoms with Crippen molar-refractivity contribution < 1.29 is 5.11 Å². The van der Waals surface area contributed by atoms with E-state index in [1.807, 2.05) is 6.07 Å². The fourth-order valence-corrected chi connectivity index (χ4v) is 0.718. The lowest BCUT2D eigenvalue weighted by molar-refractivity contribution is 0.350. The molecule has 0 fully saturated rings. The number of nitriles is 1. The predicted octanol–water partition coefficient (Wildman–Crippen LogP) is 0.297. The molecular formula is C9H6N2O. The Balaban J connectivity index is 3.07. The Morgan fingerprint density at radius 1 is 1.58 bits per heavy atom. The zero-order chi connectivity index (χ0) is 8.81. The Morgan fingerprint density at radius 2 is 2.42 bits per heavy atom. The van der Waals surface area contributed by atoms with E-state index < -0.39 is 0 Å². The van der Waals surface area contributed by atoms with Gasteiger partial charge in [0.25, 0.3) is 0 Å². The van der Waals surface area contributed by atoms with Gasteiger partial charge in [-0.1, -0.05) is 5.92 Å². The average Bonchev–Trinajstić information content (AvgIpc) is 2.15. The van der Waals surface area contributed by atoms with Crippen LogP contribution in [0.5, 0.6) is 0 Å². The first-order chi connectivity index (χ1) is 5.88. The molecule has 0 spiro atoms. The summed E-state index contributed by atoms with van der Waals surface area (Å²) in [6, 6.07) is 5.26. The molecule has 0 radical (unpaired) electrons. The van der Waals surface area contributed by atoms with Crippen LogP contribution in [0.3, 0.4) is 0 Å². The van der Waals surface area contributed by atoms with E-state index in [2.05, 4.69) is 16.8 Å². The third-order valence-electron chi connectivity index (χ3n) is 1.21. The quantitative estimate of drug-likeness (QED) is 0.552. The fourth-order valence-electron chi connectivity index (χ4n) is 0.718. The summed E-state index contributed by atoms with van der Waals surface area (Å²) in [4.78, 5) is 3.88. The molecule has 1 rings (SSSR count). The van der Waals surface area contributed by atoms with Gasteiger partial charge in [0.05, 0.1) is 5.56 Å². The molecular weight excluding hydrogens is 152 g/mol. The van der Waals surface area contributed by atoms with Gasteiger partial charge in [-0.2, -0.15) is 5.26 Å². The Labute approximate surface area is 70.3 Å². The maximum absolute atomic E-state index is 8.60. The lowest BCUT2D eigenvalue weighted by Crippen LogP contribution is -1.87. The van der Waals surface area contributed by atoms with Gasteiger partial charge in [-0.05, 0) is 18.1 Å². The molecule has 0 aliphatic carbocycles. The van der Waals surface area contributed by atoms with Crippen molar-refractivity contribution in [2.75, 3.05) is 6.61 Å². The van der Waals surface area contributed by atoms with Gasteiger partial charge in [0.2, 0.25) is 0 Å².